The molecule has 8 heteroatoms. The van der Waals surface area contributed by atoms with Gasteiger partial charge in [-0.2, -0.15) is 0 Å². The Hall–Kier alpha value is -0.0500. The molecule has 0 aliphatic carbocycles. The van der Waals surface area contributed by atoms with E-state index in [-0.39, 0.29) is 11.0 Å². The first-order chi connectivity index (χ1) is 7.70. The lowest BCUT2D eigenvalue weighted by Crippen LogP contribution is -2.45. The van der Waals surface area contributed by atoms with Crippen LogP contribution in [0.4, 0.5) is 0 Å². The largest absolute Gasteiger partial charge is 0.392 e. The molecule has 0 saturated carbocycles. The monoisotopic (exact) mass is 300 g/mol. The van der Waals surface area contributed by atoms with Crippen molar-refractivity contribution in [3.63, 3.8) is 0 Å². The first-order valence-electron chi connectivity index (χ1n) is 5.31. The lowest BCUT2D eigenvalue weighted by molar-refractivity contribution is 0.549. The van der Waals surface area contributed by atoms with Gasteiger partial charge in [-0.1, -0.05) is 19.1 Å². The molecule has 17 heavy (non-hydrogen) atoms. The molecule has 0 aromatic rings. The fourth-order valence-electron chi connectivity index (χ4n) is 1.34. The zero-order valence-electron chi connectivity index (χ0n) is 10.3. The molecule has 0 aliphatic heterocycles. The second-order valence-electron chi connectivity index (χ2n) is 3.93. The van der Waals surface area contributed by atoms with E-state index in [4.69, 9.17) is 18.0 Å². The van der Waals surface area contributed by atoms with Gasteiger partial charge in [-0.25, -0.2) is 13.1 Å². The molecular formula is C9H20N2O3S3. The number of nitrogens with one attached hydrogen (secondary N) is 1. The van der Waals surface area contributed by atoms with Crippen molar-refractivity contribution in [1.82, 2.24) is 4.72 Å². The van der Waals surface area contributed by atoms with Crippen LogP contribution in [0.25, 0.3) is 0 Å². The van der Waals surface area contributed by atoms with Crippen molar-refractivity contribution in [1.29, 1.82) is 0 Å². The van der Waals surface area contributed by atoms with E-state index in [1.807, 2.05) is 0 Å². The average molecular weight is 300 g/mol. The summed E-state index contributed by atoms with van der Waals surface area (Å²) in [5, 5.41) is -0.841. The van der Waals surface area contributed by atoms with Gasteiger partial charge in [-0.3, -0.25) is 4.21 Å². The van der Waals surface area contributed by atoms with E-state index in [0.717, 1.165) is 0 Å². The molecule has 5 nitrogen and oxygen atoms in total. The van der Waals surface area contributed by atoms with Gasteiger partial charge in [0.1, 0.15) is 5.25 Å². The van der Waals surface area contributed by atoms with E-state index >= 15 is 0 Å². The molecule has 0 fully saturated rings. The van der Waals surface area contributed by atoms with E-state index in [2.05, 4.69) is 4.72 Å². The van der Waals surface area contributed by atoms with Crippen molar-refractivity contribution in [2.45, 2.75) is 38.0 Å². The standard InChI is InChI=1S/C9H20N2O3S3/c1-4-8(9(10)15)17(13,14)11-7(2)5-6-16(3)12/h7-8,11H,4-6H2,1-3H3,(H2,10,15). The summed E-state index contributed by atoms with van der Waals surface area (Å²) in [5.41, 5.74) is 5.39. The van der Waals surface area contributed by atoms with E-state index in [1.165, 1.54) is 0 Å². The normalized spacial score (nSPS) is 17.4. The topological polar surface area (TPSA) is 89.3 Å². The Kier molecular flexibility index (Phi) is 7.38. The Balaban J connectivity index is 4.53. The smallest absolute Gasteiger partial charge is 0.221 e. The second kappa shape index (κ2) is 7.40. The summed E-state index contributed by atoms with van der Waals surface area (Å²) in [7, 11) is -4.46. The molecule has 3 N–H and O–H groups in total. The predicted octanol–water partition coefficient (Wildman–Crippen LogP) is 0.128. The Morgan fingerprint density at radius 3 is 2.41 bits per heavy atom. The molecule has 0 spiro atoms. The Bertz CT molecular complexity index is 381. The molecule has 0 radical (unpaired) electrons. The van der Waals surface area contributed by atoms with E-state index in [1.54, 1.807) is 20.1 Å². The number of nitrogens with two attached hydrogens (primary N) is 1. The van der Waals surface area contributed by atoms with Crippen LogP contribution in [-0.2, 0) is 20.8 Å². The molecule has 3 unspecified atom stereocenters. The Morgan fingerprint density at radius 1 is 1.53 bits per heavy atom. The van der Waals surface area contributed by atoms with Crippen LogP contribution < -0.4 is 10.5 Å². The van der Waals surface area contributed by atoms with Crippen molar-refractivity contribution >= 4 is 38.0 Å². The van der Waals surface area contributed by atoms with Crippen LogP contribution in [0.2, 0.25) is 0 Å². The van der Waals surface area contributed by atoms with Crippen LogP contribution in [0, 0.1) is 0 Å². The molecular weight excluding hydrogens is 280 g/mol. The molecule has 0 aromatic heterocycles. The molecule has 0 saturated heterocycles. The van der Waals surface area contributed by atoms with Gasteiger partial charge in [0.15, 0.2) is 0 Å². The molecule has 0 rings (SSSR count). The highest BCUT2D eigenvalue weighted by atomic mass is 32.2. The Morgan fingerprint density at radius 2 is 2.06 bits per heavy atom. The maximum atomic E-state index is 11.9. The third-order valence-corrected chi connectivity index (χ3v) is 5.58. The van der Waals surface area contributed by atoms with E-state index < -0.39 is 26.1 Å². The fraction of sp³-hybridized carbons (Fsp3) is 0.889. The van der Waals surface area contributed by atoms with Crippen molar-refractivity contribution in [3.8, 4) is 0 Å². The van der Waals surface area contributed by atoms with Gasteiger partial charge in [0, 0.05) is 28.9 Å². The number of thiocarbonyl (C=S) groups is 1. The molecule has 0 aromatic carbocycles. The lowest BCUT2D eigenvalue weighted by Gasteiger charge is -2.19. The van der Waals surface area contributed by atoms with E-state index in [0.29, 0.717) is 18.6 Å². The zero-order chi connectivity index (χ0) is 13.6. The van der Waals surface area contributed by atoms with Gasteiger partial charge >= 0.3 is 0 Å². The quantitative estimate of drug-likeness (QED) is 0.622. The highest BCUT2D eigenvalue weighted by Gasteiger charge is 2.27. The SMILES string of the molecule is CCC(C(N)=S)S(=O)(=O)NC(C)CCS(C)=O. The van der Waals surface area contributed by atoms with Crippen LogP contribution in [0.3, 0.4) is 0 Å². The Labute approximate surface area is 111 Å². The van der Waals surface area contributed by atoms with Gasteiger partial charge in [-0.05, 0) is 19.8 Å². The van der Waals surface area contributed by atoms with Crippen molar-refractivity contribution in [2.75, 3.05) is 12.0 Å². The van der Waals surface area contributed by atoms with Crippen LogP contribution in [0.1, 0.15) is 26.7 Å². The third kappa shape index (κ3) is 6.44. The van der Waals surface area contributed by atoms with Gasteiger partial charge in [0.25, 0.3) is 0 Å². The zero-order valence-corrected chi connectivity index (χ0v) is 12.8. The number of sulfonamides is 1. The summed E-state index contributed by atoms with van der Waals surface area (Å²) in [5.74, 6) is 0.466. The third-order valence-electron chi connectivity index (χ3n) is 2.27. The molecule has 0 amide bonds. The average Bonchev–Trinajstić information content (AvgIpc) is 2.13. The summed E-state index contributed by atoms with van der Waals surface area (Å²) >= 11 is 4.73. The molecule has 0 aliphatic rings. The first-order valence-corrected chi connectivity index (χ1v) is 8.99. The summed E-state index contributed by atoms with van der Waals surface area (Å²) in [6.45, 7) is 3.45. The second-order valence-corrected chi connectivity index (χ2v) is 7.85. The minimum absolute atomic E-state index is 0.0220. The summed E-state index contributed by atoms with van der Waals surface area (Å²) in [6.07, 6.45) is 2.46. The van der Waals surface area contributed by atoms with Crippen molar-refractivity contribution < 1.29 is 12.6 Å². The number of hydrogen-bond donors (Lipinski definition) is 2. The number of rotatable bonds is 8. The van der Waals surface area contributed by atoms with Crippen LogP contribution in [0.5, 0.6) is 0 Å². The van der Waals surface area contributed by atoms with Crippen LogP contribution in [-0.4, -0.2) is 40.9 Å². The van der Waals surface area contributed by atoms with Crippen LogP contribution in [0.15, 0.2) is 0 Å². The fourth-order valence-corrected chi connectivity index (χ4v) is 4.16. The highest BCUT2D eigenvalue weighted by Crippen LogP contribution is 2.07. The first kappa shape index (κ1) is 16.9. The lowest BCUT2D eigenvalue weighted by atomic mass is 10.3. The van der Waals surface area contributed by atoms with E-state index in [9.17, 15) is 12.6 Å². The minimum Gasteiger partial charge on any atom is -0.392 e. The molecule has 0 bridgehead atoms. The highest BCUT2D eigenvalue weighted by molar-refractivity contribution is 7.93. The number of hydrogen-bond acceptors (Lipinski definition) is 4. The van der Waals surface area contributed by atoms with Gasteiger partial charge in [-0.15, -0.1) is 0 Å². The summed E-state index contributed by atoms with van der Waals surface area (Å²) in [6, 6.07) is -0.271. The van der Waals surface area contributed by atoms with Crippen molar-refractivity contribution in [2.24, 2.45) is 5.73 Å². The van der Waals surface area contributed by atoms with Gasteiger partial charge in [0.05, 0.1) is 4.99 Å². The maximum absolute atomic E-state index is 11.9. The van der Waals surface area contributed by atoms with Gasteiger partial charge < -0.3 is 5.73 Å². The van der Waals surface area contributed by atoms with Crippen LogP contribution >= 0.6 is 12.2 Å². The maximum Gasteiger partial charge on any atom is 0.221 e. The molecule has 102 valence electrons. The predicted molar refractivity (Wildman–Crippen MR) is 75.9 cm³/mol. The van der Waals surface area contributed by atoms with Gasteiger partial charge in [0.2, 0.25) is 10.0 Å². The molecule has 0 heterocycles. The summed E-state index contributed by atoms with van der Waals surface area (Å²) in [4.78, 5) is -0.0220. The summed E-state index contributed by atoms with van der Waals surface area (Å²) < 4.78 is 37.2. The molecule has 3 atom stereocenters. The minimum atomic E-state index is -3.53. The van der Waals surface area contributed by atoms with Crippen molar-refractivity contribution in [3.05, 3.63) is 0 Å².